The van der Waals surface area contributed by atoms with Crippen LogP contribution in [0.15, 0.2) is 41.3 Å². The lowest BCUT2D eigenvalue weighted by molar-refractivity contribution is -0.123. The molecule has 0 atom stereocenters. The van der Waals surface area contributed by atoms with Crippen molar-refractivity contribution in [1.82, 2.24) is 4.90 Å². The van der Waals surface area contributed by atoms with Gasteiger partial charge in [0.05, 0.1) is 18.1 Å². The third-order valence-corrected chi connectivity index (χ3v) is 5.29. The number of imide groups is 1. The van der Waals surface area contributed by atoms with Crippen molar-refractivity contribution < 1.29 is 24.2 Å². The minimum atomic E-state index is -0.397. The number of thioether (sulfide) groups is 1. The number of carbonyl (C=O) groups excluding carboxylic acids is 2. The molecule has 0 radical (unpaired) electrons. The maximum atomic E-state index is 12.7. The highest BCUT2D eigenvalue weighted by Gasteiger charge is 2.35. The second kappa shape index (κ2) is 9.05. The van der Waals surface area contributed by atoms with Gasteiger partial charge in [-0.25, -0.2) is 0 Å². The summed E-state index contributed by atoms with van der Waals surface area (Å²) in [6.07, 6.45) is 1.51. The molecular weight excluding hydrogens is 390 g/mol. The van der Waals surface area contributed by atoms with Gasteiger partial charge in [0.15, 0.2) is 0 Å². The Labute approximate surface area is 174 Å². The highest BCUT2D eigenvalue weighted by atomic mass is 32.2. The van der Waals surface area contributed by atoms with Crippen LogP contribution in [0.4, 0.5) is 4.79 Å². The number of rotatable bonds is 7. The number of amides is 2. The zero-order chi connectivity index (χ0) is 21.0. The number of phenols is 1. The Bertz CT molecular complexity index is 970. The molecule has 1 N–H and O–H groups in total. The van der Waals surface area contributed by atoms with Crippen LogP contribution in [0.25, 0.3) is 6.08 Å². The van der Waals surface area contributed by atoms with Crippen molar-refractivity contribution in [3.05, 3.63) is 58.0 Å². The topological polar surface area (TPSA) is 76.1 Å². The van der Waals surface area contributed by atoms with Crippen LogP contribution in [0.1, 0.15) is 23.6 Å². The average molecular weight is 413 g/mol. The summed E-state index contributed by atoms with van der Waals surface area (Å²) in [7, 11) is 0. The summed E-state index contributed by atoms with van der Waals surface area (Å²) in [6, 6.07) is 10.7. The number of hydrogen-bond donors (Lipinski definition) is 1. The van der Waals surface area contributed by atoms with Gasteiger partial charge in [0, 0.05) is 5.56 Å². The largest absolute Gasteiger partial charge is 0.507 e. The number of phenolic OH excluding ortho intramolecular Hbond substituents is 1. The molecule has 0 unspecified atom stereocenters. The maximum Gasteiger partial charge on any atom is 0.293 e. The van der Waals surface area contributed by atoms with Crippen molar-refractivity contribution in [2.24, 2.45) is 0 Å². The van der Waals surface area contributed by atoms with Gasteiger partial charge in [0.25, 0.3) is 11.1 Å². The van der Waals surface area contributed by atoms with E-state index in [4.69, 9.17) is 9.47 Å². The number of nitrogens with zero attached hydrogens (tertiary/aromatic N) is 1. The summed E-state index contributed by atoms with van der Waals surface area (Å²) in [5.74, 6) is 0.937. The van der Waals surface area contributed by atoms with Gasteiger partial charge < -0.3 is 14.6 Å². The van der Waals surface area contributed by atoms with Gasteiger partial charge in [-0.2, -0.15) is 0 Å². The lowest BCUT2D eigenvalue weighted by atomic mass is 10.1. The molecule has 0 bridgehead atoms. The molecule has 2 aromatic rings. The fraction of sp³-hybridized carbons (Fsp3) is 0.273. The van der Waals surface area contributed by atoms with Crippen molar-refractivity contribution in [1.29, 1.82) is 0 Å². The lowest BCUT2D eigenvalue weighted by Gasteiger charge is -2.14. The van der Waals surface area contributed by atoms with Crippen LogP contribution in [0.3, 0.4) is 0 Å². The molecule has 152 valence electrons. The molecule has 6 nitrogen and oxygen atoms in total. The molecule has 1 aliphatic rings. The van der Waals surface area contributed by atoms with Crippen molar-refractivity contribution in [2.75, 3.05) is 19.8 Å². The Morgan fingerprint density at radius 1 is 1.10 bits per heavy atom. The minimum absolute atomic E-state index is 0.0125. The van der Waals surface area contributed by atoms with Crippen LogP contribution >= 0.6 is 11.8 Å². The van der Waals surface area contributed by atoms with E-state index in [0.29, 0.717) is 17.9 Å². The first-order chi connectivity index (χ1) is 13.9. The van der Waals surface area contributed by atoms with Crippen LogP contribution < -0.4 is 9.47 Å². The molecule has 0 aliphatic carbocycles. The summed E-state index contributed by atoms with van der Waals surface area (Å²) in [5, 5.41) is 9.70. The molecule has 0 saturated carbocycles. The van der Waals surface area contributed by atoms with Crippen molar-refractivity contribution >= 4 is 29.0 Å². The van der Waals surface area contributed by atoms with Crippen LogP contribution in [-0.2, 0) is 4.79 Å². The lowest BCUT2D eigenvalue weighted by Crippen LogP contribution is -2.32. The van der Waals surface area contributed by atoms with E-state index in [1.165, 1.54) is 12.1 Å². The van der Waals surface area contributed by atoms with Gasteiger partial charge in [-0.3, -0.25) is 14.5 Å². The number of aromatic hydroxyl groups is 1. The molecule has 29 heavy (non-hydrogen) atoms. The van der Waals surface area contributed by atoms with E-state index in [9.17, 15) is 14.7 Å². The van der Waals surface area contributed by atoms with E-state index < -0.39 is 5.91 Å². The maximum absolute atomic E-state index is 12.7. The Kier molecular flexibility index (Phi) is 6.49. The van der Waals surface area contributed by atoms with Crippen LogP contribution in [0.5, 0.6) is 17.2 Å². The van der Waals surface area contributed by atoms with Crippen molar-refractivity contribution in [3.63, 3.8) is 0 Å². The first kappa shape index (κ1) is 20.8. The molecule has 3 rings (SSSR count). The second-order valence-electron chi connectivity index (χ2n) is 6.60. The Morgan fingerprint density at radius 2 is 1.90 bits per heavy atom. The van der Waals surface area contributed by atoms with Gasteiger partial charge in [-0.1, -0.05) is 12.1 Å². The number of carbonyl (C=O) groups is 2. The molecular formula is C22H23NO5S. The summed E-state index contributed by atoms with van der Waals surface area (Å²) >= 11 is 0.847. The molecule has 1 fully saturated rings. The van der Waals surface area contributed by atoms with Crippen molar-refractivity contribution in [3.8, 4) is 17.2 Å². The number of aryl methyl sites for hydroxylation is 2. The van der Waals surface area contributed by atoms with E-state index in [0.717, 1.165) is 33.5 Å². The van der Waals surface area contributed by atoms with Gasteiger partial charge >= 0.3 is 0 Å². The molecule has 2 amide bonds. The van der Waals surface area contributed by atoms with Crippen LogP contribution in [-0.4, -0.2) is 40.9 Å². The Hall–Kier alpha value is -2.93. The molecule has 7 heteroatoms. The molecule has 0 aromatic heterocycles. The zero-order valence-corrected chi connectivity index (χ0v) is 17.4. The number of benzene rings is 2. The fourth-order valence-electron chi connectivity index (χ4n) is 2.85. The third kappa shape index (κ3) is 4.92. The monoisotopic (exact) mass is 413 g/mol. The summed E-state index contributed by atoms with van der Waals surface area (Å²) in [5.41, 5.74) is 2.50. The van der Waals surface area contributed by atoms with E-state index in [-0.39, 0.29) is 29.0 Å². The smallest absolute Gasteiger partial charge is 0.293 e. The Morgan fingerprint density at radius 3 is 2.66 bits per heavy atom. The zero-order valence-electron chi connectivity index (χ0n) is 16.6. The third-order valence-electron chi connectivity index (χ3n) is 4.39. The molecule has 1 saturated heterocycles. The van der Waals surface area contributed by atoms with Gasteiger partial charge in [0.1, 0.15) is 23.9 Å². The second-order valence-corrected chi connectivity index (χ2v) is 7.60. The molecule has 1 heterocycles. The SMILES string of the molecule is CCOc1ccc(O)c(/C=C2\SC(=O)N(CCOc3cc(C)ccc3C)C2=O)c1. The molecule has 2 aromatic carbocycles. The first-order valence-electron chi connectivity index (χ1n) is 9.30. The highest BCUT2D eigenvalue weighted by Crippen LogP contribution is 2.34. The van der Waals surface area contributed by atoms with Crippen LogP contribution in [0.2, 0.25) is 0 Å². The minimum Gasteiger partial charge on any atom is -0.507 e. The van der Waals surface area contributed by atoms with Gasteiger partial charge in [-0.05, 0) is 74.0 Å². The van der Waals surface area contributed by atoms with E-state index in [1.807, 2.05) is 39.0 Å². The van der Waals surface area contributed by atoms with Crippen molar-refractivity contribution in [2.45, 2.75) is 20.8 Å². The fourth-order valence-corrected chi connectivity index (χ4v) is 3.70. The molecule has 1 aliphatic heterocycles. The molecule has 0 spiro atoms. The summed E-state index contributed by atoms with van der Waals surface area (Å²) in [4.78, 5) is 26.4. The van der Waals surface area contributed by atoms with E-state index >= 15 is 0 Å². The predicted molar refractivity (Wildman–Crippen MR) is 113 cm³/mol. The number of hydrogen-bond acceptors (Lipinski definition) is 6. The normalized spacial score (nSPS) is 15.3. The number of ether oxygens (including phenoxy) is 2. The first-order valence-corrected chi connectivity index (χ1v) is 10.1. The van der Waals surface area contributed by atoms with Crippen LogP contribution in [0, 0.1) is 13.8 Å². The van der Waals surface area contributed by atoms with E-state index in [2.05, 4.69) is 0 Å². The standard InChI is InChI=1S/C22H23NO5S/c1-4-27-17-7-8-18(24)16(12-17)13-20-21(25)23(22(26)29-20)9-10-28-19-11-14(2)5-6-15(19)3/h5-8,11-13,24H,4,9-10H2,1-3H3/b20-13-. The Balaban J connectivity index is 1.69. The highest BCUT2D eigenvalue weighted by molar-refractivity contribution is 8.18. The summed E-state index contributed by atoms with van der Waals surface area (Å²) < 4.78 is 11.2. The predicted octanol–water partition coefficient (Wildman–Crippen LogP) is 4.52. The van der Waals surface area contributed by atoms with E-state index in [1.54, 1.807) is 12.1 Å². The quantitative estimate of drug-likeness (QED) is 0.673. The van der Waals surface area contributed by atoms with Gasteiger partial charge in [-0.15, -0.1) is 0 Å². The average Bonchev–Trinajstić information content (AvgIpc) is 2.94. The summed E-state index contributed by atoms with van der Waals surface area (Å²) in [6.45, 7) is 6.63. The van der Waals surface area contributed by atoms with Gasteiger partial charge in [0.2, 0.25) is 0 Å².